The van der Waals surface area contributed by atoms with Crippen LogP contribution in [0, 0.1) is 5.92 Å². The van der Waals surface area contributed by atoms with Gasteiger partial charge in [-0.15, -0.1) is 0 Å². The minimum absolute atomic E-state index is 0.813. The van der Waals surface area contributed by atoms with Crippen molar-refractivity contribution in [2.24, 2.45) is 5.92 Å². The number of hydrogen-bond donors (Lipinski definition) is 1. The highest BCUT2D eigenvalue weighted by Crippen LogP contribution is 2.34. The predicted molar refractivity (Wildman–Crippen MR) is 84.5 cm³/mol. The molecule has 0 saturated heterocycles. The number of hydrogen-bond acceptors (Lipinski definition) is 2. The maximum Gasteiger partial charge on any atom is 0.0243 e. The van der Waals surface area contributed by atoms with Crippen molar-refractivity contribution in [3.8, 4) is 0 Å². The van der Waals surface area contributed by atoms with Crippen molar-refractivity contribution < 1.29 is 0 Å². The Bertz CT molecular complexity index is 455. The molecule has 20 heavy (non-hydrogen) atoms. The maximum atomic E-state index is 3.42. The van der Waals surface area contributed by atoms with Crippen LogP contribution in [-0.4, -0.2) is 17.5 Å². The molecule has 2 nitrogen and oxygen atoms in total. The Labute approximate surface area is 123 Å². The average molecular weight is 272 g/mol. The van der Waals surface area contributed by atoms with Crippen molar-refractivity contribution in [3.63, 3.8) is 0 Å². The second-order valence-corrected chi connectivity index (χ2v) is 6.62. The van der Waals surface area contributed by atoms with E-state index >= 15 is 0 Å². The van der Waals surface area contributed by atoms with Gasteiger partial charge in [0.1, 0.15) is 0 Å². The zero-order chi connectivity index (χ0) is 13.9. The molecule has 1 aromatic carbocycles. The van der Waals surface area contributed by atoms with Crippen molar-refractivity contribution in [2.75, 3.05) is 6.54 Å². The van der Waals surface area contributed by atoms with Crippen molar-refractivity contribution in [1.29, 1.82) is 0 Å². The lowest BCUT2D eigenvalue weighted by molar-refractivity contribution is 0.110. The molecule has 2 heteroatoms. The maximum absolute atomic E-state index is 3.42. The van der Waals surface area contributed by atoms with Crippen molar-refractivity contribution in [3.05, 3.63) is 34.9 Å². The Balaban J connectivity index is 1.68. The first-order valence-corrected chi connectivity index (χ1v) is 8.33. The Hall–Kier alpha value is -0.860. The van der Waals surface area contributed by atoms with E-state index < -0.39 is 0 Å². The van der Waals surface area contributed by atoms with Gasteiger partial charge in [0, 0.05) is 25.7 Å². The van der Waals surface area contributed by atoms with Gasteiger partial charge in [0.25, 0.3) is 0 Å². The van der Waals surface area contributed by atoms with Gasteiger partial charge in [-0.1, -0.05) is 44.9 Å². The molecule has 0 radical (unpaired) electrons. The fourth-order valence-electron chi connectivity index (χ4n) is 3.93. The molecule has 110 valence electrons. The molecule has 2 aliphatic rings. The van der Waals surface area contributed by atoms with E-state index in [4.69, 9.17) is 0 Å². The standard InChI is InChI=1S/C18H28N2/c1-3-19-11-15-8-9-16-12-20(13-17(16)10-15)18-7-5-4-6-14(18)2/h8-10,14,18-19H,3-7,11-13H2,1-2H3. The summed E-state index contributed by atoms with van der Waals surface area (Å²) in [6.07, 6.45) is 5.68. The van der Waals surface area contributed by atoms with Gasteiger partial charge in [-0.05, 0) is 42.0 Å². The van der Waals surface area contributed by atoms with Crippen LogP contribution in [0.25, 0.3) is 0 Å². The van der Waals surface area contributed by atoms with E-state index in [2.05, 4.69) is 42.3 Å². The number of fused-ring (bicyclic) bond motifs is 1. The van der Waals surface area contributed by atoms with Gasteiger partial charge in [0.15, 0.2) is 0 Å². The lowest BCUT2D eigenvalue weighted by atomic mass is 9.85. The van der Waals surface area contributed by atoms with Crippen molar-refractivity contribution in [1.82, 2.24) is 10.2 Å². The Morgan fingerprint density at radius 2 is 1.95 bits per heavy atom. The van der Waals surface area contributed by atoms with E-state index in [0.29, 0.717) is 0 Å². The zero-order valence-corrected chi connectivity index (χ0v) is 13.0. The van der Waals surface area contributed by atoms with E-state index in [-0.39, 0.29) is 0 Å². The van der Waals surface area contributed by atoms with Crippen LogP contribution < -0.4 is 5.32 Å². The summed E-state index contributed by atoms with van der Waals surface area (Å²) in [5.74, 6) is 0.874. The molecule has 0 amide bonds. The van der Waals surface area contributed by atoms with Crippen molar-refractivity contribution >= 4 is 0 Å². The number of nitrogens with zero attached hydrogens (tertiary/aromatic N) is 1. The molecular weight excluding hydrogens is 244 g/mol. The quantitative estimate of drug-likeness (QED) is 0.899. The third kappa shape index (κ3) is 2.91. The molecule has 1 aliphatic heterocycles. The molecule has 1 saturated carbocycles. The molecule has 1 aliphatic carbocycles. The first-order valence-electron chi connectivity index (χ1n) is 8.33. The van der Waals surface area contributed by atoms with Gasteiger partial charge in [0.05, 0.1) is 0 Å². The summed E-state index contributed by atoms with van der Waals surface area (Å²) in [6, 6.07) is 7.89. The molecular formula is C18H28N2. The number of rotatable bonds is 4. The molecule has 0 spiro atoms. The van der Waals surface area contributed by atoms with Gasteiger partial charge in [0.2, 0.25) is 0 Å². The lowest BCUT2D eigenvalue weighted by Crippen LogP contribution is -2.38. The summed E-state index contributed by atoms with van der Waals surface area (Å²) >= 11 is 0. The third-order valence-electron chi connectivity index (χ3n) is 5.13. The monoisotopic (exact) mass is 272 g/mol. The fraction of sp³-hybridized carbons (Fsp3) is 0.667. The topological polar surface area (TPSA) is 15.3 Å². The fourth-order valence-corrected chi connectivity index (χ4v) is 3.93. The smallest absolute Gasteiger partial charge is 0.0243 e. The van der Waals surface area contributed by atoms with E-state index in [0.717, 1.165) is 25.0 Å². The molecule has 2 atom stereocenters. The van der Waals surface area contributed by atoms with Crippen LogP contribution >= 0.6 is 0 Å². The van der Waals surface area contributed by atoms with Gasteiger partial charge >= 0.3 is 0 Å². The molecule has 3 rings (SSSR count). The molecule has 0 aromatic heterocycles. The number of benzene rings is 1. The van der Waals surface area contributed by atoms with E-state index in [1.807, 2.05) is 0 Å². The second-order valence-electron chi connectivity index (χ2n) is 6.62. The van der Waals surface area contributed by atoms with Gasteiger partial charge < -0.3 is 5.32 Å². The van der Waals surface area contributed by atoms with Crippen LogP contribution in [0.2, 0.25) is 0 Å². The second kappa shape index (κ2) is 6.28. The average Bonchev–Trinajstić information content (AvgIpc) is 2.88. The minimum Gasteiger partial charge on any atom is -0.313 e. The van der Waals surface area contributed by atoms with Crippen LogP contribution in [-0.2, 0) is 19.6 Å². The largest absolute Gasteiger partial charge is 0.313 e. The first kappa shape index (κ1) is 14.1. The van der Waals surface area contributed by atoms with Gasteiger partial charge in [-0.3, -0.25) is 4.90 Å². The first-order chi connectivity index (χ1) is 9.78. The van der Waals surface area contributed by atoms with Crippen LogP contribution in [0.15, 0.2) is 18.2 Å². The van der Waals surface area contributed by atoms with E-state index in [9.17, 15) is 0 Å². The van der Waals surface area contributed by atoms with Crippen LogP contribution in [0.1, 0.15) is 56.2 Å². The lowest BCUT2D eigenvalue weighted by Gasteiger charge is -2.36. The number of nitrogens with one attached hydrogen (secondary N) is 1. The van der Waals surface area contributed by atoms with Crippen LogP contribution in [0.4, 0.5) is 0 Å². The zero-order valence-electron chi connectivity index (χ0n) is 13.0. The van der Waals surface area contributed by atoms with Crippen molar-refractivity contribution in [2.45, 2.75) is 65.2 Å². The highest BCUT2D eigenvalue weighted by molar-refractivity contribution is 5.35. The third-order valence-corrected chi connectivity index (χ3v) is 5.13. The summed E-state index contributed by atoms with van der Waals surface area (Å²) in [6.45, 7) is 9.01. The van der Waals surface area contributed by atoms with Gasteiger partial charge in [-0.2, -0.15) is 0 Å². The van der Waals surface area contributed by atoms with Crippen LogP contribution in [0.3, 0.4) is 0 Å². The molecule has 1 heterocycles. The Morgan fingerprint density at radius 3 is 2.75 bits per heavy atom. The Kier molecular flexibility index (Phi) is 4.42. The highest BCUT2D eigenvalue weighted by Gasteiger charge is 2.31. The van der Waals surface area contributed by atoms with Gasteiger partial charge in [-0.25, -0.2) is 0 Å². The summed E-state index contributed by atoms with van der Waals surface area (Å²) in [5.41, 5.74) is 4.56. The molecule has 1 aromatic rings. The highest BCUT2D eigenvalue weighted by atomic mass is 15.2. The summed E-state index contributed by atoms with van der Waals surface area (Å²) in [4.78, 5) is 2.73. The summed E-state index contributed by atoms with van der Waals surface area (Å²) in [5, 5.41) is 3.42. The van der Waals surface area contributed by atoms with E-state index in [1.54, 1.807) is 11.1 Å². The molecule has 0 bridgehead atoms. The van der Waals surface area contributed by atoms with Crippen LogP contribution in [0.5, 0.6) is 0 Å². The Morgan fingerprint density at radius 1 is 1.15 bits per heavy atom. The SMILES string of the molecule is CCNCc1ccc2c(c1)CN(C1CCCCC1C)C2. The summed E-state index contributed by atoms with van der Waals surface area (Å²) < 4.78 is 0. The minimum atomic E-state index is 0.813. The molecule has 1 fully saturated rings. The predicted octanol–water partition coefficient (Wildman–Crippen LogP) is 3.69. The summed E-state index contributed by atoms with van der Waals surface area (Å²) in [7, 11) is 0. The normalized spacial score (nSPS) is 26.7. The molecule has 2 unspecified atom stereocenters. The molecule has 1 N–H and O–H groups in total. The van der Waals surface area contributed by atoms with E-state index in [1.165, 1.54) is 44.3 Å².